The van der Waals surface area contributed by atoms with Crippen LogP contribution in [-0.2, 0) is 18.3 Å². The van der Waals surface area contributed by atoms with Gasteiger partial charge in [0.2, 0.25) is 0 Å². The van der Waals surface area contributed by atoms with Crippen molar-refractivity contribution in [1.82, 2.24) is 34.2 Å². The zero-order chi connectivity index (χ0) is 22.1. The highest BCUT2D eigenvalue weighted by Gasteiger charge is 2.23. The van der Waals surface area contributed by atoms with Gasteiger partial charge in [-0.1, -0.05) is 0 Å². The zero-order valence-corrected chi connectivity index (χ0v) is 17.7. The van der Waals surface area contributed by atoms with E-state index in [0.717, 1.165) is 23.5 Å². The maximum Gasteiger partial charge on any atom is 0.343 e. The van der Waals surface area contributed by atoms with E-state index in [0.29, 0.717) is 5.65 Å². The van der Waals surface area contributed by atoms with Crippen molar-refractivity contribution < 1.29 is 14.3 Å². The van der Waals surface area contributed by atoms with Crippen LogP contribution in [0.5, 0.6) is 0 Å². The number of rotatable bonds is 6. The van der Waals surface area contributed by atoms with Gasteiger partial charge in [0.1, 0.15) is 16.9 Å². The quantitative estimate of drug-likeness (QED) is 0.472. The van der Waals surface area contributed by atoms with Crippen molar-refractivity contribution in [1.29, 1.82) is 0 Å². The molecule has 0 atom stereocenters. The van der Waals surface area contributed by atoms with Gasteiger partial charge in [0.25, 0.3) is 5.91 Å². The first-order chi connectivity index (χ1) is 14.9. The predicted octanol–water partition coefficient (Wildman–Crippen LogP) is 2.08. The summed E-state index contributed by atoms with van der Waals surface area (Å²) in [6, 6.07) is 1.83. The number of fused-ring (bicyclic) bond motifs is 1. The van der Waals surface area contributed by atoms with E-state index in [-0.39, 0.29) is 23.6 Å². The Morgan fingerprint density at radius 3 is 2.65 bits per heavy atom. The number of carbonyl (C=O) groups excluding carboxylic acids is 2. The molecule has 0 radical (unpaired) electrons. The van der Waals surface area contributed by atoms with E-state index in [9.17, 15) is 9.59 Å². The van der Waals surface area contributed by atoms with Gasteiger partial charge in [0, 0.05) is 31.5 Å². The molecular formula is C20H22N8O3. The number of nitrogens with zero attached hydrogens (tertiary/aromatic N) is 7. The molecule has 0 aliphatic heterocycles. The van der Waals surface area contributed by atoms with Crippen LogP contribution in [0.15, 0.2) is 30.9 Å². The van der Waals surface area contributed by atoms with Crippen LogP contribution in [0.25, 0.3) is 16.9 Å². The molecule has 4 rings (SSSR count). The standard InChI is InChI=1S/C20H22N8O3/c1-5-27-11-15(12(3)25-27)16-7-8-21-17-13(9-23-28(16)17)19(29)24-18-14(10-22-26(18)4)20(30)31-6-2/h7-11H,5-6H2,1-4H3,(H,24,29). The van der Waals surface area contributed by atoms with E-state index >= 15 is 0 Å². The third kappa shape index (κ3) is 3.54. The average molecular weight is 422 g/mol. The molecule has 160 valence electrons. The molecule has 4 heterocycles. The molecule has 0 aromatic carbocycles. The van der Waals surface area contributed by atoms with Crippen molar-refractivity contribution in [2.45, 2.75) is 27.3 Å². The van der Waals surface area contributed by atoms with Gasteiger partial charge in [-0.2, -0.15) is 15.3 Å². The molecule has 0 saturated heterocycles. The number of aromatic nitrogens is 7. The van der Waals surface area contributed by atoms with Gasteiger partial charge in [-0.3, -0.25) is 14.2 Å². The lowest BCUT2D eigenvalue weighted by molar-refractivity contribution is 0.0527. The van der Waals surface area contributed by atoms with Crippen molar-refractivity contribution in [3.05, 3.63) is 47.7 Å². The second-order valence-electron chi connectivity index (χ2n) is 6.81. The number of anilines is 1. The fourth-order valence-electron chi connectivity index (χ4n) is 3.31. The molecule has 0 bridgehead atoms. The normalized spacial score (nSPS) is 11.1. The van der Waals surface area contributed by atoms with Crippen LogP contribution in [0.4, 0.5) is 5.82 Å². The maximum atomic E-state index is 13.0. The summed E-state index contributed by atoms with van der Waals surface area (Å²) in [5.74, 6) is -0.789. The first kappa shape index (κ1) is 20.3. The lowest BCUT2D eigenvalue weighted by Gasteiger charge is -2.08. The fourth-order valence-corrected chi connectivity index (χ4v) is 3.31. The first-order valence-electron chi connectivity index (χ1n) is 9.82. The SMILES string of the molecule is CCOC(=O)c1cnn(C)c1NC(=O)c1cnn2c(-c3cn(CC)nc3C)ccnc12. The summed E-state index contributed by atoms with van der Waals surface area (Å²) < 4.78 is 9.88. The average Bonchev–Trinajstić information content (AvgIpc) is 3.45. The molecule has 0 unspecified atom stereocenters. The van der Waals surface area contributed by atoms with Crippen LogP contribution in [0.2, 0.25) is 0 Å². The highest BCUT2D eigenvalue weighted by molar-refractivity contribution is 6.10. The highest BCUT2D eigenvalue weighted by atomic mass is 16.5. The first-order valence-corrected chi connectivity index (χ1v) is 9.82. The summed E-state index contributed by atoms with van der Waals surface area (Å²) in [5, 5.41) is 15.6. The molecule has 0 spiro atoms. The second kappa shape index (κ2) is 8.01. The Morgan fingerprint density at radius 2 is 1.94 bits per heavy atom. The predicted molar refractivity (Wildman–Crippen MR) is 112 cm³/mol. The van der Waals surface area contributed by atoms with Gasteiger partial charge in [-0.15, -0.1) is 0 Å². The third-order valence-electron chi connectivity index (χ3n) is 4.86. The van der Waals surface area contributed by atoms with Gasteiger partial charge in [0.15, 0.2) is 5.65 Å². The Morgan fingerprint density at radius 1 is 1.16 bits per heavy atom. The molecule has 0 aliphatic carbocycles. The zero-order valence-electron chi connectivity index (χ0n) is 17.7. The topological polar surface area (TPSA) is 121 Å². The second-order valence-corrected chi connectivity index (χ2v) is 6.81. The molecule has 0 saturated carbocycles. The van der Waals surface area contributed by atoms with Crippen molar-refractivity contribution in [2.75, 3.05) is 11.9 Å². The highest BCUT2D eigenvalue weighted by Crippen LogP contribution is 2.24. The monoisotopic (exact) mass is 422 g/mol. The summed E-state index contributed by atoms with van der Waals surface area (Å²) in [6.45, 7) is 6.60. The minimum Gasteiger partial charge on any atom is -0.462 e. The molecule has 1 amide bonds. The molecule has 1 N–H and O–H groups in total. The summed E-state index contributed by atoms with van der Waals surface area (Å²) in [7, 11) is 1.62. The van der Waals surface area contributed by atoms with Crippen LogP contribution >= 0.6 is 0 Å². The van der Waals surface area contributed by atoms with E-state index in [1.807, 2.05) is 30.8 Å². The van der Waals surface area contributed by atoms with Crippen molar-refractivity contribution in [3.63, 3.8) is 0 Å². The Kier molecular flexibility index (Phi) is 5.24. The lowest BCUT2D eigenvalue weighted by atomic mass is 10.2. The molecular weight excluding hydrogens is 400 g/mol. The van der Waals surface area contributed by atoms with Crippen LogP contribution in [-0.4, -0.2) is 52.6 Å². The molecule has 4 aromatic heterocycles. The number of nitrogens with one attached hydrogen (secondary N) is 1. The number of aryl methyl sites for hydroxylation is 3. The number of esters is 1. The lowest BCUT2D eigenvalue weighted by Crippen LogP contribution is -2.17. The van der Waals surface area contributed by atoms with E-state index in [1.165, 1.54) is 17.1 Å². The van der Waals surface area contributed by atoms with Gasteiger partial charge in [0.05, 0.1) is 30.4 Å². The Labute approximate surface area is 177 Å². The van der Waals surface area contributed by atoms with Crippen molar-refractivity contribution in [2.24, 2.45) is 7.05 Å². The number of amides is 1. The van der Waals surface area contributed by atoms with E-state index in [4.69, 9.17) is 4.74 Å². The van der Waals surface area contributed by atoms with Crippen LogP contribution in [0.1, 0.15) is 40.3 Å². The number of hydrogen-bond acceptors (Lipinski definition) is 7. The smallest absolute Gasteiger partial charge is 0.343 e. The summed E-state index contributed by atoms with van der Waals surface area (Å²) >= 11 is 0. The van der Waals surface area contributed by atoms with Crippen LogP contribution in [0.3, 0.4) is 0 Å². The minimum atomic E-state index is -0.561. The van der Waals surface area contributed by atoms with Crippen molar-refractivity contribution >= 4 is 23.3 Å². The molecule has 4 aromatic rings. The summed E-state index contributed by atoms with van der Waals surface area (Å²) in [4.78, 5) is 29.5. The Balaban J connectivity index is 1.71. The number of ether oxygens (including phenoxy) is 1. The van der Waals surface area contributed by atoms with Crippen LogP contribution in [0, 0.1) is 6.92 Å². The minimum absolute atomic E-state index is 0.172. The fraction of sp³-hybridized carbons (Fsp3) is 0.300. The maximum absolute atomic E-state index is 13.0. The van der Waals surface area contributed by atoms with E-state index < -0.39 is 11.9 Å². The van der Waals surface area contributed by atoms with E-state index in [2.05, 4.69) is 25.6 Å². The van der Waals surface area contributed by atoms with Gasteiger partial charge >= 0.3 is 5.97 Å². The van der Waals surface area contributed by atoms with E-state index in [1.54, 1.807) is 24.7 Å². The molecule has 31 heavy (non-hydrogen) atoms. The van der Waals surface area contributed by atoms with Crippen molar-refractivity contribution in [3.8, 4) is 11.3 Å². The van der Waals surface area contributed by atoms with Crippen LogP contribution < -0.4 is 5.32 Å². The summed E-state index contributed by atoms with van der Waals surface area (Å²) in [6.07, 6.45) is 6.36. The summed E-state index contributed by atoms with van der Waals surface area (Å²) in [5.41, 5.74) is 3.35. The van der Waals surface area contributed by atoms with Gasteiger partial charge in [-0.05, 0) is 26.8 Å². The number of hydrogen-bond donors (Lipinski definition) is 1. The van der Waals surface area contributed by atoms with Gasteiger partial charge < -0.3 is 10.1 Å². The molecule has 11 heteroatoms. The molecule has 0 aliphatic rings. The molecule has 0 fully saturated rings. The Hall–Kier alpha value is -4.02. The Bertz CT molecular complexity index is 1280. The number of carbonyl (C=O) groups is 2. The van der Waals surface area contributed by atoms with Gasteiger partial charge in [-0.25, -0.2) is 14.3 Å². The third-order valence-corrected chi connectivity index (χ3v) is 4.86. The largest absolute Gasteiger partial charge is 0.462 e. The molecule has 11 nitrogen and oxygen atoms in total.